The molecule has 0 spiro atoms. The highest BCUT2D eigenvalue weighted by atomic mass is 127. The van der Waals surface area contributed by atoms with Crippen molar-refractivity contribution in [1.82, 2.24) is 20.4 Å². The maximum absolute atomic E-state index is 4.77. The number of nitrogens with one attached hydrogen (secondary N) is 2. The maximum Gasteiger partial charge on any atom is 0.191 e. The van der Waals surface area contributed by atoms with E-state index in [1.807, 2.05) is 0 Å². The Labute approximate surface area is 167 Å². The van der Waals surface area contributed by atoms with Crippen LogP contribution in [0.3, 0.4) is 0 Å². The van der Waals surface area contributed by atoms with Gasteiger partial charge >= 0.3 is 0 Å². The van der Waals surface area contributed by atoms with E-state index in [2.05, 4.69) is 55.2 Å². The molecule has 144 valence electrons. The third kappa shape index (κ3) is 11.5. The van der Waals surface area contributed by atoms with Crippen LogP contribution in [-0.4, -0.2) is 75.2 Å². The monoisotopic (exact) mass is 453 g/mol. The molecule has 5 nitrogen and oxygen atoms in total. The Morgan fingerprint density at radius 2 is 1.75 bits per heavy atom. The summed E-state index contributed by atoms with van der Waals surface area (Å²) in [5.74, 6) is 2.35. The highest BCUT2D eigenvalue weighted by molar-refractivity contribution is 14.0. The normalized spacial score (nSPS) is 18.3. The molecule has 1 unspecified atom stereocenters. The van der Waals surface area contributed by atoms with Gasteiger partial charge in [-0.15, -0.1) is 24.0 Å². The van der Waals surface area contributed by atoms with E-state index in [0.29, 0.717) is 5.92 Å². The Bertz CT molecular complexity index is 327. The van der Waals surface area contributed by atoms with Crippen molar-refractivity contribution < 1.29 is 0 Å². The summed E-state index contributed by atoms with van der Waals surface area (Å²) in [7, 11) is 2.21. The summed E-state index contributed by atoms with van der Waals surface area (Å²) in [6, 6.07) is 0. The predicted molar refractivity (Wildman–Crippen MR) is 117 cm³/mol. The van der Waals surface area contributed by atoms with Crippen molar-refractivity contribution in [2.24, 2.45) is 16.8 Å². The molecule has 1 heterocycles. The van der Waals surface area contributed by atoms with Crippen molar-refractivity contribution in [2.75, 3.05) is 59.4 Å². The van der Waals surface area contributed by atoms with Gasteiger partial charge in [-0.25, -0.2) is 0 Å². The Balaban J connectivity index is 0.00000529. The molecule has 1 atom stereocenters. The zero-order valence-electron chi connectivity index (χ0n) is 16.5. The summed E-state index contributed by atoms with van der Waals surface area (Å²) in [5.41, 5.74) is 0. The first kappa shape index (κ1) is 23.9. The fourth-order valence-electron chi connectivity index (χ4n) is 2.83. The number of halogens is 1. The molecule has 2 N–H and O–H groups in total. The minimum absolute atomic E-state index is 0. The van der Waals surface area contributed by atoms with E-state index >= 15 is 0 Å². The van der Waals surface area contributed by atoms with E-state index in [1.54, 1.807) is 0 Å². The standard InChI is InChI=1S/C18H39N5.HI/c1-6-19-18(20-9-7-8-16(2)3)21-14-17(4)15-23-12-10-22(5)11-13-23;/h16-17H,6-15H2,1-5H3,(H2,19,20,21);1H. The summed E-state index contributed by atoms with van der Waals surface area (Å²) >= 11 is 0. The van der Waals surface area contributed by atoms with Gasteiger partial charge in [-0.05, 0) is 38.6 Å². The number of hydrogen-bond donors (Lipinski definition) is 2. The molecule has 1 fully saturated rings. The van der Waals surface area contributed by atoms with Crippen molar-refractivity contribution >= 4 is 29.9 Å². The molecular weight excluding hydrogens is 413 g/mol. The van der Waals surface area contributed by atoms with Gasteiger partial charge in [-0.1, -0.05) is 20.8 Å². The minimum Gasteiger partial charge on any atom is -0.357 e. The molecule has 0 radical (unpaired) electrons. The second kappa shape index (κ2) is 14.1. The Morgan fingerprint density at radius 1 is 1.08 bits per heavy atom. The average Bonchev–Trinajstić information content (AvgIpc) is 2.51. The lowest BCUT2D eigenvalue weighted by molar-refractivity contribution is 0.140. The van der Waals surface area contributed by atoms with Gasteiger partial charge in [0.2, 0.25) is 0 Å². The highest BCUT2D eigenvalue weighted by Crippen LogP contribution is 2.05. The molecule has 0 aromatic rings. The molecule has 0 bridgehead atoms. The number of hydrogen-bond acceptors (Lipinski definition) is 3. The van der Waals surface area contributed by atoms with Crippen LogP contribution in [0, 0.1) is 11.8 Å². The third-order valence-electron chi connectivity index (χ3n) is 4.32. The van der Waals surface area contributed by atoms with Crippen LogP contribution in [0.5, 0.6) is 0 Å². The molecule has 0 aromatic heterocycles. The summed E-state index contributed by atoms with van der Waals surface area (Å²) in [6.45, 7) is 17.7. The zero-order chi connectivity index (χ0) is 17.1. The number of guanidine groups is 1. The number of piperazine rings is 1. The van der Waals surface area contributed by atoms with Crippen LogP contribution in [-0.2, 0) is 0 Å². The first-order valence-corrected chi connectivity index (χ1v) is 9.44. The van der Waals surface area contributed by atoms with E-state index in [1.165, 1.54) is 39.0 Å². The smallest absolute Gasteiger partial charge is 0.191 e. The molecule has 1 rings (SSSR count). The quantitative estimate of drug-likeness (QED) is 0.244. The van der Waals surface area contributed by atoms with E-state index < -0.39 is 0 Å². The van der Waals surface area contributed by atoms with Crippen molar-refractivity contribution in [3.8, 4) is 0 Å². The van der Waals surface area contributed by atoms with Crippen LogP contribution < -0.4 is 10.6 Å². The predicted octanol–water partition coefficient (Wildman–Crippen LogP) is 2.48. The van der Waals surface area contributed by atoms with Crippen molar-refractivity contribution in [2.45, 2.75) is 40.5 Å². The fraction of sp³-hybridized carbons (Fsp3) is 0.944. The Morgan fingerprint density at radius 3 is 2.33 bits per heavy atom. The minimum atomic E-state index is 0. The molecule has 24 heavy (non-hydrogen) atoms. The summed E-state index contributed by atoms with van der Waals surface area (Å²) < 4.78 is 0. The molecule has 1 saturated heterocycles. The van der Waals surface area contributed by atoms with Gasteiger partial charge in [-0.2, -0.15) is 0 Å². The summed E-state index contributed by atoms with van der Waals surface area (Å²) in [4.78, 5) is 9.75. The van der Waals surface area contributed by atoms with E-state index in [9.17, 15) is 0 Å². The van der Waals surface area contributed by atoms with Gasteiger partial charge < -0.3 is 20.4 Å². The molecule has 1 aliphatic rings. The van der Waals surface area contributed by atoms with Crippen molar-refractivity contribution in [3.05, 3.63) is 0 Å². The largest absolute Gasteiger partial charge is 0.357 e. The number of nitrogens with zero attached hydrogens (tertiary/aromatic N) is 3. The highest BCUT2D eigenvalue weighted by Gasteiger charge is 2.15. The summed E-state index contributed by atoms with van der Waals surface area (Å²) in [5, 5.41) is 6.81. The lowest BCUT2D eigenvalue weighted by Gasteiger charge is -2.33. The molecular formula is C18H40IN5. The van der Waals surface area contributed by atoms with E-state index in [0.717, 1.165) is 38.1 Å². The van der Waals surface area contributed by atoms with Gasteiger partial charge in [0.15, 0.2) is 5.96 Å². The van der Waals surface area contributed by atoms with Gasteiger partial charge in [0.05, 0.1) is 0 Å². The Hall–Kier alpha value is -0.0800. The van der Waals surface area contributed by atoms with Gasteiger partial charge in [0, 0.05) is 52.4 Å². The van der Waals surface area contributed by atoms with Crippen LogP contribution in [0.15, 0.2) is 4.99 Å². The number of aliphatic imine (C=N–C) groups is 1. The first-order chi connectivity index (χ1) is 11.0. The lowest BCUT2D eigenvalue weighted by atomic mass is 10.1. The SMILES string of the molecule is CCNC(=NCC(C)CN1CCN(C)CC1)NCCCC(C)C.I. The third-order valence-corrected chi connectivity index (χ3v) is 4.32. The molecule has 6 heteroatoms. The van der Waals surface area contributed by atoms with Gasteiger partial charge in [0.1, 0.15) is 0 Å². The molecule has 0 amide bonds. The van der Waals surface area contributed by atoms with Crippen LogP contribution in [0.1, 0.15) is 40.5 Å². The van der Waals surface area contributed by atoms with Crippen LogP contribution in [0.2, 0.25) is 0 Å². The van der Waals surface area contributed by atoms with Gasteiger partial charge in [-0.3, -0.25) is 4.99 Å². The fourth-order valence-corrected chi connectivity index (χ4v) is 2.83. The maximum atomic E-state index is 4.77. The topological polar surface area (TPSA) is 42.9 Å². The molecule has 0 saturated carbocycles. The zero-order valence-corrected chi connectivity index (χ0v) is 18.8. The molecule has 1 aliphatic heterocycles. The van der Waals surface area contributed by atoms with Crippen molar-refractivity contribution in [1.29, 1.82) is 0 Å². The summed E-state index contributed by atoms with van der Waals surface area (Å²) in [6.07, 6.45) is 2.48. The second-order valence-corrected chi connectivity index (χ2v) is 7.39. The Kier molecular flexibility index (Phi) is 14.1. The van der Waals surface area contributed by atoms with Gasteiger partial charge in [0.25, 0.3) is 0 Å². The molecule has 0 aromatic carbocycles. The first-order valence-electron chi connectivity index (χ1n) is 9.44. The van der Waals surface area contributed by atoms with Crippen molar-refractivity contribution in [3.63, 3.8) is 0 Å². The average molecular weight is 453 g/mol. The van der Waals surface area contributed by atoms with E-state index in [-0.39, 0.29) is 24.0 Å². The van der Waals surface area contributed by atoms with Crippen LogP contribution >= 0.6 is 24.0 Å². The van der Waals surface area contributed by atoms with Crippen LogP contribution in [0.4, 0.5) is 0 Å². The number of likely N-dealkylation sites (N-methyl/N-ethyl adjacent to an activating group) is 1. The second-order valence-electron chi connectivity index (χ2n) is 7.39. The molecule has 0 aliphatic carbocycles. The lowest BCUT2D eigenvalue weighted by Crippen LogP contribution is -2.46. The van der Waals surface area contributed by atoms with Crippen LogP contribution in [0.25, 0.3) is 0 Å². The van der Waals surface area contributed by atoms with E-state index in [4.69, 9.17) is 4.99 Å². The number of rotatable bonds is 9.